The summed E-state index contributed by atoms with van der Waals surface area (Å²) in [5.41, 5.74) is 1.33. The second-order valence-electron chi connectivity index (χ2n) is 18.1. The van der Waals surface area contributed by atoms with Crippen LogP contribution < -0.4 is 14.2 Å². The van der Waals surface area contributed by atoms with Crippen molar-refractivity contribution >= 4 is 50.6 Å². The van der Waals surface area contributed by atoms with Crippen molar-refractivity contribution in [3.8, 4) is 22.8 Å². The van der Waals surface area contributed by atoms with E-state index in [0.29, 0.717) is 61.2 Å². The number of Topliss-reactive ketones (excluding diaryl/α,β-unsaturated/α-hetero) is 1. The van der Waals surface area contributed by atoms with Crippen molar-refractivity contribution in [3.63, 3.8) is 0 Å². The van der Waals surface area contributed by atoms with Crippen LogP contribution in [0, 0.1) is 22.7 Å². The Labute approximate surface area is 352 Å². The van der Waals surface area contributed by atoms with Crippen LogP contribution in [0.15, 0.2) is 66.8 Å². The third kappa shape index (κ3) is 9.01. The van der Waals surface area contributed by atoms with Crippen LogP contribution in [-0.2, 0) is 33.9 Å². The lowest BCUT2D eigenvalue weighted by Gasteiger charge is -2.29. The van der Waals surface area contributed by atoms with Crippen molar-refractivity contribution in [2.75, 3.05) is 20.3 Å². The fourth-order valence-electron chi connectivity index (χ4n) is 9.00. The van der Waals surface area contributed by atoms with Crippen LogP contribution in [0.2, 0.25) is 0 Å². The van der Waals surface area contributed by atoms with Crippen LogP contribution in [0.5, 0.6) is 11.5 Å². The van der Waals surface area contributed by atoms with Gasteiger partial charge in [-0.2, -0.15) is 0 Å². The maximum absolute atomic E-state index is 14.9. The number of nitrogens with zero attached hydrogens (tertiary/aromatic N) is 2. The summed E-state index contributed by atoms with van der Waals surface area (Å²) < 4.78 is 46.9. The molecule has 0 radical (unpaired) electrons. The zero-order valence-electron chi connectivity index (χ0n) is 34.7. The van der Waals surface area contributed by atoms with Crippen molar-refractivity contribution in [3.05, 3.63) is 72.3 Å². The highest BCUT2D eigenvalue weighted by molar-refractivity contribution is 7.90. The summed E-state index contributed by atoms with van der Waals surface area (Å²) in [4.78, 5) is 63.7. The molecule has 2 saturated carbocycles. The number of esters is 1. The van der Waals surface area contributed by atoms with Crippen LogP contribution in [0.1, 0.15) is 96.5 Å². The number of nitrogens with one attached hydrogen (secondary N) is 1. The van der Waals surface area contributed by atoms with Crippen LogP contribution >= 0.6 is 0 Å². The minimum atomic E-state index is -3.86. The molecule has 5 aliphatic rings. The number of rotatable bonds is 5. The maximum Gasteiger partial charge on any atom is 0.306 e. The van der Waals surface area contributed by atoms with E-state index >= 15 is 0 Å². The van der Waals surface area contributed by atoms with Gasteiger partial charge in [0.25, 0.3) is 0 Å². The molecule has 2 amide bonds. The minimum absolute atomic E-state index is 0.0693. The Morgan fingerprint density at radius 3 is 2.57 bits per heavy atom. The number of carbonyl (C=O) groups excluding carboxylic acids is 4. The molecule has 1 N–H and O–H groups in total. The molecule has 12 nitrogen and oxygen atoms in total. The number of amides is 2. The zero-order valence-corrected chi connectivity index (χ0v) is 35.5. The van der Waals surface area contributed by atoms with Crippen molar-refractivity contribution < 1.29 is 41.8 Å². The quantitative estimate of drug-likeness (QED) is 0.204. The molecular formula is C47H55N3O9S. The minimum Gasteiger partial charge on any atom is -0.496 e. The maximum atomic E-state index is 14.9. The number of aromatic nitrogens is 1. The van der Waals surface area contributed by atoms with E-state index in [1.54, 1.807) is 12.0 Å². The number of fused-ring (bicyclic) bond motifs is 4. The van der Waals surface area contributed by atoms with Crippen LogP contribution in [-0.4, -0.2) is 79.5 Å². The summed E-state index contributed by atoms with van der Waals surface area (Å²) in [5.74, 6) is -1.70. The first kappa shape index (κ1) is 41.7. The molecule has 13 heteroatoms. The van der Waals surface area contributed by atoms with Gasteiger partial charge in [0.1, 0.15) is 17.6 Å². The third-order valence-corrected chi connectivity index (χ3v) is 14.6. The number of methoxy groups -OCH3 is 1. The second-order valence-corrected chi connectivity index (χ2v) is 20.1. The smallest absolute Gasteiger partial charge is 0.306 e. The van der Waals surface area contributed by atoms with E-state index in [1.165, 1.54) is 0 Å². The van der Waals surface area contributed by atoms with Gasteiger partial charge in [0, 0.05) is 52.8 Å². The number of hydrogen-bond donors (Lipinski definition) is 1. The molecular weight excluding hydrogens is 783 g/mol. The first-order valence-corrected chi connectivity index (χ1v) is 22.9. The van der Waals surface area contributed by atoms with Crippen molar-refractivity contribution in [1.29, 1.82) is 0 Å². The molecule has 8 rings (SSSR count). The lowest BCUT2D eigenvalue weighted by atomic mass is 9.89. The second kappa shape index (κ2) is 16.8. The molecule has 5 bridgehead atoms. The van der Waals surface area contributed by atoms with Crippen molar-refractivity contribution in [2.24, 2.45) is 22.7 Å². The van der Waals surface area contributed by atoms with Crippen LogP contribution in [0.3, 0.4) is 0 Å². The van der Waals surface area contributed by atoms with Gasteiger partial charge in [-0.25, -0.2) is 13.4 Å². The highest BCUT2D eigenvalue weighted by atomic mass is 32.2. The third-order valence-electron chi connectivity index (χ3n) is 12.8. The predicted octanol–water partition coefficient (Wildman–Crippen LogP) is 7.35. The number of allylic oxidation sites excluding steroid dienone is 3. The molecule has 5 atom stereocenters. The van der Waals surface area contributed by atoms with Gasteiger partial charge in [0.15, 0.2) is 5.78 Å². The molecule has 3 aromatic rings. The van der Waals surface area contributed by atoms with Gasteiger partial charge in [-0.1, -0.05) is 81.3 Å². The van der Waals surface area contributed by atoms with Gasteiger partial charge in [-0.15, -0.1) is 0 Å². The first-order valence-electron chi connectivity index (χ1n) is 21.4. The summed E-state index contributed by atoms with van der Waals surface area (Å²) in [6, 6.07) is 14.5. The summed E-state index contributed by atoms with van der Waals surface area (Å²) in [5, 5.41) is 0.127. The van der Waals surface area contributed by atoms with Gasteiger partial charge in [-0.05, 0) is 56.9 Å². The Morgan fingerprint density at radius 2 is 1.80 bits per heavy atom. The number of ketones is 1. The number of benzene rings is 2. The number of sulfonamides is 1. The molecule has 3 fully saturated rings. The van der Waals surface area contributed by atoms with Gasteiger partial charge in [0.2, 0.25) is 21.8 Å². The summed E-state index contributed by atoms with van der Waals surface area (Å²) in [7, 11) is -2.25. The largest absolute Gasteiger partial charge is 0.496 e. The van der Waals surface area contributed by atoms with Gasteiger partial charge in [-0.3, -0.25) is 23.9 Å². The Bertz CT molecular complexity index is 2340. The summed E-state index contributed by atoms with van der Waals surface area (Å²) in [6.45, 7) is 4.26. The Morgan fingerprint density at radius 1 is 1.00 bits per heavy atom. The molecule has 1 aromatic heterocycles. The Balaban J connectivity index is 1.20. The molecule has 0 spiro atoms. The molecule has 60 heavy (non-hydrogen) atoms. The topological polar surface area (TPSA) is 158 Å². The zero-order chi connectivity index (χ0) is 42.2. The van der Waals surface area contributed by atoms with Gasteiger partial charge >= 0.3 is 5.97 Å². The average Bonchev–Trinajstić information content (AvgIpc) is 4.15. The average molecular weight is 838 g/mol. The Hall–Kier alpha value is -5.04. The fourth-order valence-corrected chi connectivity index (χ4v) is 10.4. The van der Waals surface area contributed by atoms with E-state index in [-0.39, 0.29) is 50.0 Å². The molecule has 3 aliphatic heterocycles. The van der Waals surface area contributed by atoms with E-state index in [2.05, 4.69) is 4.72 Å². The van der Waals surface area contributed by atoms with E-state index in [4.69, 9.17) is 19.2 Å². The highest BCUT2D eigenvalue weighted by Crippen LogP contribution is 2.57. The fraction of sp³-hybridized carbons (Fsp3) is 0.511. The van der Waals surface area contributed by atoms with E-state index in [9.17, 15) is 27.6 Å². The lowest BCUT2D eigenvalue weighted by molar-refractivity contribution is -0.152. The Kier molecular flexibility index (Phi) is 11.7. The molecule has 318 valence electrons. The predicted molar refractivity (Wildman–Crippen MR) is 227 cm³/mol. The molecule has 2 aliphatic carbocycles. The van der Waals surface area contributed by atoms with Crippen LogP contribution in [0.25, 0.3) is 28.2 Å². The SMILES string of the molecule is COc1cc2nc(-c3ccccc3)cc3c2cc1/C=C/CC(C)(C)COC(=O)C[C@H]1CCCCC/C=C\[C@@H]2C[C@@]2(C(=O)NS(=O)(=O)C2CC2)CC(=O)[C@@H]2C[C@H](CN2C1=O)O3. The molecule has 2 aromatic carbocycles. The summed E-state index contributed by atoms with van der Waals surface area (Å²) in [6.07, 6.45) is 12.6. The lowest BCUT2D eigenvalue weighted by Crippen LogP contribution is -2.46. The number of pyridine rings is 1. The summed E-state index contributed by atoms with van der Waals surface area (Å²) >= 11 is 0. The normalized spacial score (nSPS) is 28.6. The van der Waals surface area contributed by atoms with Gasteiger partial charge < -0.3 is 19.1 Å². The first-order chi connectivity index (χ1) is 28.7. The van der Waals surface area contributed by atoms with Crippen molar-refractivity contribution in [2.45, 2.75) is 108 Å². The van der Waals surface area contributed by atoms with Crippen molar-refractivity contribution in [1.82, 2.24) is 14.6 Å². The number of carbonyl (C=O) groups is 4. The molecule has 1 saturated heterocycles. The highest BCUT2D eigenvalue weighted by Gasteiger charge is 2.61. The number of cyclic esters (lactones) is 1. The number of ether oxygens (including phenoxy) is 3. The van der Waals surface area contributed by atoms with E-state index < -0.39 is 56.0 Å². The van der Waals surface area contributed by atoms with Crippen LogP contribution in [0.4, 0.5) is 0 Å². The molecule has 4 heterocycles. The standard InChI is InChI=1S/C47H55N3O9S/c1-46(2)20-12-16-31-21-36-38(25-41(31)57-3)48-37(30-13-9-7-10-14-30)24-42(36)59-34-23-39-40(51)27-47(45(54)49-60(55,56)35-18-19-35)26-33(47)17-11-6-4-5-8-15-32(22-43(52)58-29-46)44(53)50(39)28-34/h7,9-14,16-17,21,24-25,32-35,39H,4-6,8,15,18-20,22-23,26-29H2,1-3H3,(H,49,54)/b16-12+,17-11-/t32-,33-,34-,39+,47-/m1/s1. The van der Waals surface area contributed by atoms with E-state index in [0.717, 1.165) is 35.8 Å². The molecule has 0 unspecified atom stereocenters. The van der Waals surface area contributed by atoms with E-state index in [1.807, 2.05) is 86.7 Å². The van der Waals surface area contributed by atoms with Gasteiger partial charge in [0.05, 0.1) is 54.6 Å². The number of hydrogen-bond acceptors (Lipinski definition) is 10. The monoisotopic (exact) mass is 837 g/mol.